The second kappa shape index (κ2) is 7.75. The van der Waals surface area contributed by atoms with E-state index in [0.717, 1.165) is 12.3 Å². The van der Waals surface area contributed by atoms with E-state index in [9.17, 15) is 18.4 Å². The molecule has 1 fully saturated rings. The summed E-state index contributed by atoms with van der Waals surface area (Å²) in [7, 11) is -0.680. The van der Waals surface area contributed by atoms with Crippen LogP contribution < -0.4 is 10.8 Å². The molecule has 33 heavy (non-hydrogen) atoms. The molecule has 1 unspecified atom stereocenters. The van der Waals surface area contributed by atoms with Crippen LogP contribution in [-0.2, 0) is 15.5 Å². The lowest BCUT2D eigenvalue weighted by molar-refractivity contribution is -0.137. The van der Waals surface area contributed by atoms with E-state index in [1.807, 2.05) is 27.7 Å². The van der Waals surface area contributed by atoms with Crippen molar-refractivity contribution in [2.45, 2.75) is 58.0 Å². The first kappa shape index (κ1) is 23.1. The van der Waals surface area contributed by atoms with E-state index in [1.165, 1.54) is 12.4 Å². The van der Waals surface area contributed by atoms with Crippen molar-refractivity contribution in [1.82, 2.24) is 14.6 Å². The number of rotatable bonds is 4. The average molecular weight is 457 g/mol. The van der Waals surface area contributed by atoms with Gasteiger partial charge in [-0.3, -0.25) is 4.98 Å². The van der Waals surface area contributed by atoms with E-state index >= 15 is 0 Å². The second-order valence-corrected chi connectivity index (χ2v) is 9.11. The fourth-order valence-electron chi connectivity index (χ4n) is 3.61. The molecular formula is C22H23BF3N5O2. The summed E-state index contributed by atoms with van der Waals surface area (Å²) in [4.78, 5) is 3.74. The quantitative estimate of drug-likeness (QED) is 0.595. The molecule has 3 aromatic heterocycles. The first-order valence-corrected chi connectivity index (χ1v) is 10.4. The summed E-state index contributed by atoms with van der Waals surface area (Å²) in [5, 5.41) is 17.0. The third-order valence-electron chi connectivity index (χ3n) is 6.24. The van der Waals surface area contributed by atoms with Crippen molar-refractivity contribution in [3.63, 3.8) is 0 Å². The number of hydrogen-bond acceptors (Lipinski definition) is 6. The van der Waals surface area contributed by atoms with Gasteiger partial charge in [-0.05, 0) is 52.3 Å². The van der Waals surface area contributed by atoms with E-state index in [1.54, 1.807) is 23.7 Å². The SMILES string of the molecule is CC(Nc1cc(B2OC(C)(C)C(C)(C)O2)cn2ncc(C#N)c12)c1cncc(C(F)(F)F)c1. The zero-order valence-corrected chi connectivity index (χ0v) is 18.9. The molecule has 4 heterocycles. The van der Waals surface area contributed by atoms with Crippen molar-refractivity contribution < 1.29 is 22.5 Å². The van der Waals surface area contributed by atoms with Crippen molar-refractivity contribution >= 4 is 23.8 Å². The fourth-order valence-corrected chi connectivity index (χ4v) is 3.61. The van der Waals surface area contributed by atoms with Crippen molar-refractivity contribution in [3.8, 4) is 6.07 Å². The second-order valence-electron chi connectivity index (χ2n) is 9.11. The Morgan fingerprint density at radius 2 is 1.79 bits per heavy atom. The van der Waals surface area contributed by atoms with Gasteiger partial charge in [-0.2, -0.15) is 23.5 Å². The lowest BCUT2D eigenvalue weighted by Gasteiger charge is -2.32. The minimum Gasteiger partial charge on any atom is -0.399 e. The van der Waals surface area contributed by atoms with Crippen molar-refractivity contribution in [2.24, 2.45) is 0 Å². The highest BCUT2D eigenvalue weighted by Gasteiger charge is 2.52. The van der Waals surface area contributed by atoms with E-state index in [-0.39, 0.29) is 0 Å². The zero-order valence-electron chi connectivity index (χ0n) is 18.9. The summed E-state index contributed by atoms with van der Waals surface area (Å²) in [6, 6.07) is 4.39. The molecule has 0 spiro atoms. The van der Waals surface area contributed by atoms with Gasteiger partial charge in [0.2, 0.25) is 0 Å². The van der Waals surface area contributed by atoms with Crippen LogP contribution >= 0.6 is 0 Å². The van der Waals surface area contributed by atoms with E-state index < -0.39 is 36.1 Å². The highest BCUT2D eigenvalue weighted by Crippen LogP contribution is 2.37. The summed E-state index contributed by atoms with van der Waals surface area (Å²) < 4.78 is 53.2. The van der Waals surface area contributed by atoms with Gasteiger partial charge in [0.05, 0.1) is 40.3 Å². The highest BCUT2D eigenvalue weighted by atomic mass is 19.4. The lowest BCUT2D eigenvalue weighted by atomic mass is 9.80. The third-order valence-corrected chi connectivity index (χ3v) is 6.24. The van der Waals surface area contributed by atoms with Gasteiger partial charge >= 0.3 is 13.3 Å². The molecule has 1 atom stereocenters. The summed E-state index contributed by atoms with van der Waals surface area (Å²) in [6.45, 7) is 9.48. The number of nitriles is 1. The molecule has 3 aromatic rings. The molecule has 11 heteroatoms. The Morgan fingerprint density at radius 1 is 1.12 bits per heavy atom. The van der Waals surface area contributed by atoms with Gasteiger partial charge < -0.3 is 14.6 Å². The monoisotopic (exact) mass is 457 g/mol. The standard InChI is InChI=1S/C22H23BF3N5O2/c1-13(14-6-16(11-28-9-14)22(24,25)26)30-18-7-17(12-31-19(18)15(8-27)10-29-31)23-32-20(2,3)21(4,5)33-23/h6-7,9-13,30H,1-5H3. The predicted octanol–water partition coefficient (Wildman–Crippen LogP) is 4.09. The summed E-state index contributed by atoms with van der Waals surface area (Å²) in [6.07, 6.45) is 0.832. The molecule has 7 nitrogen and oxygen atoms in total. The topological polar surface area (TPSA) is 84.5 Å². The van der Waals surface area contributed by atoms with Crippen LogP contribution in [0.3, 0.4) is 0 Å². The zero-order chi connectivity index (χ0) is 24.2. The molecule has 0 radical (unpaired) electrons. The highest BCUT2D eigenvalue weighted by molar-refractivity contribution is 6.62. The Morgan fingerprint density at radius 3 is 2.39 bits per heavy atom. The number of nitrogens with zero attached hydrogens (tertiary/aromatic N) is 4. The fraction of sp³-hybridized carbons (Fsp3) is 0.409. The van der Waals surface area contributed by atoms with Crippen molar-refractivity contribution in [1.29, 1.82) is 5.26 Å². The Hall–Kier alpha value is -3.10. The van der Waals surface area contributed by atoms with Gasteiger partial charge in [0, 0.05) is 24.1 Å². The van der Waals surface area contributed by atoms with E-state index in [2.05, 4.69) is 21.5 Å². The van der Waals surface area contributed by atoms with Crippen LogP contribution in [0.15, 0.2) is 36.9 Å². The predicted molar refractivity (Wildman–Crippen MR) is 117 cm³/mol. The number of hydrogen-bond donors (Lipinski definition) is 1. The molecule has 1 aliphatic heterocycles. The first-order chi connectivity index (χ1) is 15.3. The van der Waals surface area contributed by atoms with Gasteiger partial charge in [0.1, 0.15) is 11.6 Å². The number of pyridine rings is 2. The molecule has 4 rings (SSSR count). The molecule has 0 aliphatic carbocycles. The number of alkyl halides is 3. The molecule has 1 N–H and O–H groups in total. The Labute approximate surface area is 189 Å². The first-order valence-electron chi connectivity index (χ1n) is 10.4. The van der Waals surface area contributed by atoms with E-state index in [0.29, 0.717) is 27.8 Å². The third kappa shape index (κ3) is 4.16. The van der Waals surface area contributed by atoms with Crippen molar-refractivity contribution in [2.75, 3.05) is 5.32 Å². The summed E-state index contributed by atoms with van der Waals surface area (Å²) in [5.41, 5.74) is 0.413. The van der Waals surface area contributed by atoms with Crippen LogP contribution in [0.5, 0.6) is 0 Å². The largest absolute Gasteiger partial charge is 0.496 e. The molecule has 0 bridgehead atoms. The maximum atomic E-state index is 13.1. The molecule has 1 saturated heterocycles. The number of halogens is 3. The lowest BCUT2D eigenvalue weighted by Crippen LogP contribution is -2.41. The molecular weight excluding hydrogens is 434 g/mol. The summed E-state index contributed by atoms with van der Waals surface area (Å²) in [5.74, 6) is 0. The van der Waals surface area contributed by atoms with Gasteiger partial charge in [-0.25, -0.2) is 4.52 Å². The Kier molecular flexibility index (Phi) is 5.42. The van der Waals surface area contributed by atoms with Crippen molar-refractivity contribution in [3.05, 3.63) is 53.6 Å². The smallest absolute Gasteiger partial charge is 0.399 e. The van der Waals surface area contributed by atoms with Crippen LogP contribution in [0, 0.1) is 11.3 Å². The minimum atomic E-state index is -4.49. The molecule has 0 aromatic carbocycles. The number of anilines is 1. The van der Waals surface area contributed by atoms with E-state index in [4.69, 9.17) is 9.31 Å². The van der Waals surface area contributed by atoms with Crippen LogP contribution in [0.4, 0.5) is 18.9 Å². The van der Waals surface area contributed by atoms with Gasteiger partial charge in [0.15, 0.2) is 0 Å². The van der Waals surface area contributed by atoms with Crippen LogP contribution in [0.25, 0.3) is 5.52 Å². The Balaban J connectivity index is 1.74. The van der Waals surface area contributed by atoms with Gasteiger partial charge in [-0.15, -0.1) is 0 Å². The maximum absolute atomic E-state index is 13.1. The van der Waals surface area contributed by atoms with Gasteiger partial charge in [0.25, 0.3) is 0 Å². The minimum absolute atomic E-state index is 0.326. The summed E-state index contributed by atoms with van der Waals surface area (Å²) >= 11 is 0. The average Bonchev–Trinajstić information content (AvgIpc) is 3.24. The van der Waals surface area contributed by atoms with Crippen LogP contribution in [0.1, 0.15) is 57.4 Å². The molecule has 1 aliphatic rings. The molecule has 0 amide bonds. The van der Waals surface area contributed by atoms with Crippen LogP contribution in [0.2, 0.25) is 0 Å². The maximum Gasteiger partial charge on any atom is 0.496 e. The molecule has 0 saturated carbocycles. The Bertz CT molecular complexity index is 1230. The number of nitrogens with one attached hydrogen (secondary N) is 1. The number of aromatic nitrogens is 3. The van der Waals surface area contributed by atoms with Crippen LogP contribution in [-0.4, -0.2) is 32.9 Å². The number of fused-ring (bicyclic) bond motifs is 1. The molecule has 172 valence electrons. The normalized spacial score (nSPS) is 18.3. The van der Waals surface area contributed by atoms with Gasteiger partial charge in [-0.1, -0.05) is 0 Å².